The van der Waals surface area contributed by atoms with E-state index in [1.807, 2.05) is 6.92 Å². The molecule has 0 aliphatic carbocycles. The van der Waals surface area contributed by atoms with Crippen molar-refractivity contribution in [3.05, 3.63) is 23.5 Å². The number of nitrogens with zero attached hydrogens (tertiary/aromatic N) is 1. The lowest BCUT2D eigenvalue weighted by Crippen LogP contribution is -2.26. The van der Waals surface area contributed by atoms with Gasteiger partial charge in [-0.15, -0.1) is 0 Å². The molecule has 1 rings (SSSR count). The van der Waals surface area contributed by atoms with E-state index in [-0.39, 0.29) is 11.6 Å². The van der Waals surface area contributed by atoms with E-state index in [1.165, 1.54) is 0 Å². The molecular weight excluding hydrogens is 180 g/mol. The zero-order valence-corrected chi connectivity index (χ0v) is 8.35. The average Bonchev–Trinajstić information content (AvgIpc) is 2.44. The Morgan fingerprint density at radius 2 is 2.36 bits per heavy atom. The van der Waals surface area contributed by atoms with Crippen LogP contribution in [0.4, 0.5) is 5.69 Å². The number of nitrogens with one attached hydrogen (secondary N) is 2. The summed E-state index contributed by atoms with van der Waals surface area (Å²) in [5, 5.41) is 9.10. The van der Waals surface area contributed by atoms with Crippen LogP contribution in [0.2, 0.25) is 0 Å². The van der Waals surface area contributed by atoms with Gasteiger partial charge in [-0.3, -0.25) is 9.89 Å². The second-order valence-corrected chi connectivity index (χ2v) is 3.25. The molecule has 76 valence electrons. The Bertz CT molecular complexity index is 367. The summed E-state index contributed by atoms with van der Waals surface area (Å²) in [4.78, 5) is 11.5. The van der Waals surface area contributed by atoms with E-state index < -0.39 is 0 Å². The van der Waals surface area contributed by atoms with E-state index in [4.69, 9.17) is 5.73 Å². The smallest absolute Gasteiger partial charge is 0.274 e. The summed E-state index contributed by atoms with van der Waals surface area (Å²) in [6.07, 6.45) is 0. The standard InChI is InChI=1S/C9H14N4O/c1-5(2)4-11-9(14)8-7(10)6(3)12-13-8/h1,4,10H2,2-3H3,(H,11,14)(H,12,13). The van der Waals surface area contributed by atoms with Crippen LogP contribution < -0.4 is 11.1 Å². The summed E-state index contributed by atoms with van der Waals surface area (Å²) in [7, 11) is 0. The largest absolute Gasteiger partial charge is 0.395 e. The van der Waals surface area contributed by atoms with E-state index in [9.17, 15) is 4.79 Å². The number of aromatic nitrogens is 2. The van der Waals surface area contributed by atoms with Gasteiger partial charge in [0.15, 0.2) is 5.69 Å². The van der Waals surface area contributed by atoms with Crippen molar-refractivity contribution in [3.8, 4) is 0 Å². The van der Waals surface area contributed by atoms with Crippen molar-refractivity contribution >= 4 is 11.6 Å². The highest BCUT2D eigenvalue weighted by Crippen LogP contribution is 2.11. The Hall–Kier alpha value is -1.78. The van der Waals surface area contributed by atoms with Gasteiger partial charge in [-0.05, 0) is 13.8 Å². The van der Waals surface area contributed by atoms with Crippen LogP contribution in [0.25, 0.3) is 0 Å². The highest BCUT2D eigenvalue weighted by molar-refractivity contribution is 5.97. The van der Waals surface area contributed by atoms with Gasteiger partial charge in [0.25, 0.3) is 5.91 Å². The monoisotopic (exact) mass is 194 g/mol. The normalized spacial score (nSPS) is 9.86. The number of H-pyrrole nitrogens is 1. The first-order chi connectivity index (χ1) is 6.52. The lowest BCUT2D eigenvalue weighted by molar-refractivity contribution is 0.0953. The molecule has 5 nitrogen and oxygen atoms in total. The Kier molecular flexibility index (Phi) is 2.91. The molecule has 0 unspecified atom stereocenters. The quantitative estimate of drug-likeness (QED) is 0.616. The number of nitrogen functional groups attached to an aromatic ring is 1. The number of carbonyl (C=O) groups is 1. The minimum atomic E-state index is -0.283. The highest BCUT2D eigenvalue weighted by Gasteiger charge is 2.14. The number of amides is 1. The summed E-state index contributed by atoms with van der Waals surface area (Å²) in [6, 6.07) is 0. The average molecular weight is 194 g/mol. The number of hydrogen-bond donors (Lipinski definition) is 3. The third-order valence-electron chi connectivity index (χ3n) is 1.76. The number of anilines is 1. The first-order valence-corrected chi connectivity index (χ1v) is 4.25. The minimum absolute atomic E-state index is 0.240. The van der Waals surface area contributed by atoms with Crippen molar-refractivity contribution in [3.63, 3.8) is 0 Å². The first kappa shape index (κ1) is 10.3. The topological polar surface area (TPSA) is 83.8 Å². The zero-order chi connectivity index (χ0) is 10.7. The molecule has 0 bridgehead atoms. The van der Waals surface area contributed by atoms with Crippen LogP contribution in [0.5, 0.6) is 0 Å². The fourth-order valence-corrected chi connectivity index (χ4v) is 0.926. The predicted octanol–water partition coefficient (Wildman–Crippen LogP) is 0.606. The van der Waals surface area contributed by atoms with E-state index in [0.29, 0.717) is 17.9 Å². The number of rotatable bonds is 3. The molecular formula is C9H14N4O. The number of hydrogen-bond acceptors (Lipinski definition) is 3. The molecule has 1 amide bonds. The van der Waals surface area contributed by atoms with Crippen LogP contribution in [0, 0.1) is 6.92 Å². The Morgan fingerprint density at radius 3 is 2.79 bits per heavy atom. The molecule has 14 heavy (non-hydrogen) atoms. The molecule has 0 spiro atoms. The van der Waals surface area contributed by atoms with Crippen LogP contribution in [-0.2, 0) is 0 Å². The van der Waals surface area contributed by atoms with Crippen molar-refractivity contribution in [2.24, 2.45) is 0 Å². The van der Waals surface area contributed by atoms with Gasteiger partial charge in [-0.2, -0.15) is 5.10 Å². The summed E-state index contributed by atoms with van der Waals surface area (Å²) in [6.45, 7) is 7.70. The third kappa shape index (κ3) is 2.12. The summed E-state index contributed by atoms with van der Waals surface area (Å²) in [5.74, 6) is -0.283. The Balaban J connectivity index is 2.70. The molecule has 0 atom stereocenters. The molecule has 5 heteroatoms. The fraction of sp³-hybridized carbons (Fsp3) is 0.333. The molecule has 0 aliphatic heterocycles. The van der Waals surface area contributed by atoms with Gasteiger partial charge < -0.3 is 11.1 Å². The molecule has 1 heterocycles. The van der Waals surface area contributed by atoms with Gasteiger partial charge in [0.1, 0.15) is 0 Å². The summed E-state index contributed by atoms with van der Waals surface area (Å²) in [5.41, 5.74) is 7.84. The molecule has 0 aliphatic rings. The lowest BCUT2D eigenvalue weighted by Gasteiger charge is -2.02. The third-order valence-corrected chi connectivity index (χ3v) is 1.76. The summed E-state index contributed by atoms with van der Waals surface area (Å²) < 4.78 is 0. The van der Waals surface area contributed by atoms with Crippen molar-refractivity contribution in [1.29, 1.82) is 0 Å². The lowest BCUT2D eigenvalue weighted by atomic mass is 10.3. The number of aryl methyl sites for hydroxylation is 1. The molecule has 0 radical (unpaired) electrons. The SMILES string of the molecule is C=C(C)CNC(=O)c1n[nH]c(C)c1N. The second-order valence-electron chi connectivity index (χ2n) is 3.25. The Morgan fingerprint density at radius 1 is 1.71 bits per heavy atom. The number of aromatic amines is 1. The van der Waals surface area contributed by atoms with Crippen LogP contribution in [-0.4, -0.2) is 22.6 Å². The predicted molar refractivity (Wildman–Crippen MR) is 54.9 cm³/mol. The molecule has 0 fully saturated rings. The molecule has 1 aromatic heterocycles. The van der Waals surface area contributed by atoms with Crippen LogP contribution in [0.15, 0.2) is 12.2 Å². The van der Waals surface area contributed by atoms with Gasteiger partial charge in [0.2, 0.25) is 0 Å². The van der Waals surface area contributed by atoms with Crippen LogP contribution in [0.1, 0.15) is 23.1 Å². The molecule has 0 aromatic carbocycles. The van der Waals surface area contributed by atoms with Crippen molar-refractivity contribution in [2.75, 3.05) is 12.3 Å². The maximum absolute atomic E-state index is 11.5. The molecule has 1 aromatic rings. The molecule has 4 N–H and O–H groups in total. The summed E-state index contributed by atoms with van der Waals surface area (Å²) >= 11 is 0. The van der Waals surface area contributed by atoms with Crippen molar-refractivity contribution < 1.29 is 4.79 Å². The fourth-order valence-electron chi connectivity index (χ4n) is 0.926. The number of nitrogens with two attached hydrogens (primary N) is 1. The molecule has 0 saturated carbocycles. The first-order valence-electron chi connectivity index (χ1n) is 4.25. The molecule has 0 saturated heterocycles. The highest BCUT2D eigenvalue weighted by atomic mass is 16.1. The maximum atomic E-state index is 11.5. The Labute approximate surface area is 82.4 Å². The van der Waals surface area contributed by atoms with Crippen molar-refractivity contribution in [2.45, 2.75) is 13.8 Å². The van der Waals surface area contributed by atoms with Crippen LogP contribution >= 0.6 is 0 Å². The van der Waals surface area contributed by atoms with E-state index in [1.54, 1.807) is 6.92 Å². The van der Waals surface area contributed by atoms with Gasteiger partial charge in [0.05, 0.1) is 11.4 Å². The van der Waals surface area contributed by atoms with Gasteiger partial charge in [-0.25, -0.2) is 0 Å². The zero-order valence-electron chi connectivity index (χ0n) is 8.35. The minimum Gasteiger partial charge on any atom is -0.395 e. The van der Waals surface area contributed by atoms with Gasteiger partial charge in [-0.1, -0.05) is 12.2 Å². The van der Waals surface area contributed by atoms with Gasteiger partial charge >= 0.3 is 0 Å². The van der Waals surface area contributed by atoms with Crippen molar-refractivity contribution in [1.82, 2.24) is 15.5 Å². The maximum Gasteiger partial charge on any atom is 0.274 e. The van der Waals surface area contributed by atoms with E-state index in [2.05, 4.69) is 22.1 Å². The van der Waals surface area contributed by atoms with Gasteiger partial charge in [0, 0.05) is 6.54 Å². The van der Waals surface area contributed by atoms with E-state index in [0.717, 1.165) is 5.57 Å². The number of carbonyl (C=O) groups excluding carboxylic acids is 1. The second kappa shape index (κ2) is 3.95. The van der Waals surface area contributed by atoms with Crippen LogP contribution in [0.3, 0.4) is 0 Å². The van der Waals surface area contributed by atoms with E-state index >= 15 is 0 Å².